The van der Waals surface area contributed by atoms with E-state index in [0.717, 1.165) is 24.3 Å². The molecule has 0 aliphatic carbocycles. The Kier molecular flexibility index (Phi) is 4.08. The van der Waals surface area contributed by atoms with Gasteiger partial charge >= 0.3 is 5.97 Å². The molecule has 0 unspecified atom stereocenters. The van der Waals surface area contributed by atoms with Crippen LogP contribution in [0.1, 0.15) is 10.4 Å². The van der Waals surface area contributed by atoms with Gasteiger partial charge in [-0.25, -0.2) is 18.0 Å². The fourth-order valence-corrected chi connectivity index (χ4v) is 2.13. The average Bonchev–Trinajstić information content (AvgIpc) is 2.37. The van der Waals surface area contributed by atoms with Crippen molar-refractivity contribution in [3.8, 4) is 0 Å². The summed E-state index contributed by atoms with van der Waals surface area (Å²) in [6.07, 6.45) is 0. The molecule has 0 fully saturated rings. The molecule has 4 N–H and O–H groups in total. The van der Waals surface area contributed by atoms with E-state index >= 15 is 0 Å². The van der Waals surface area contributed by atoms with Crippen LogP contribution >= 0.6 is 15.9 Å². The highest BCUT2D eigenvalue weighted by molar-refractivity contribution is 9.10. The summed E-state index contributed by atoms with van der Waals surface area (Å²) < 4.78 is 40.9. The van der Waals surface area contributed by atoms with E-state index in [1.165, 1.54) is 0 Å². The largest absolute Gasteiger partial charge is 0.478 e. The van der Waals surface area contributed by atoms with E-state index in [-0.39, 0.29) is 10.2 Å². The van der Waals surface area contributed by atoms with Gasteiger partial charge in [-0.15, -0.1) is 0 Å². The van der Waals surface area contributed by atoms with Gasteiger partial charge in [-0.3, -0.25) is 0 Å². The number of carboxylic acid groups (broad SMARTS) is 1. The van der Waals surface area contributed by atoms with Crippen molar-refractivity contribution >= 4 is 39.0 Å². The van der Waals surface area contributed by atoms with Crippen LogP contribution < -0.4 is 11.1 Å². The molecule has 110 valence electrons. The highest BCUT2D eigenvalue weighted by Gasteiger charge is 2.20. The van der Waals surface area contributed by atoms with E-state index in [4.69, 9.17) is 10.8 Å². The van der Waals surface area contributed by atoms with Crippen LogP contribution in [0.25, 0.3) is 0 Å². The summed E-state index contributed by atoms with van der Waals surface area (Å²) >= 11 is 2.92. The van der Waals surface area contributed by atoms with Crippen LogP contribution in [0, 0.1) is 17.5 Å². The predicted octanol–water partition coefficient (Wildman–Crippen LogP) is 3.89. The van der Waals surface area contributed by atoms with Crippen LogP contribution in [0.4, 0.5) is 30.2 Å². The van der Waals surface area contributed by atoms with Crippen molar-refractivity contribution in [2.75, 3.05) is 11.1 Å². The van der Waals surface area contributed by atoms with Crippen LogP contribution in [0.5, 0.6) is 0 Å². The molecule has 0 atom stereocenters. The maximum Gasteiger partial charge on any atom is 0.340 e. The summed E-state index contributed by atoms with van der Waals surface area (Å²) in [5.74, 6) is -4.34. The number of carbonyl (C=O) groups is 1. The van der Waals surface area contributed by atoms with E-state index in [1.54, 1.807) is 0 Å². The molecule has 0 radical (unpaired) electrons. The number of hydrogen-bond acceptors (Lipinski definition) is 3. The third kappa shape index (κ3) is 2.94. The minimum atomic E-state index is -1.52. The number of anilines is 3. The number of carboxylic acids is 1. The lowest BCUT2D eigenvalue weighted by Gasteiger charge is -2.13. The quantitative estimate of drug-likeness (QED) is 0.725. The number of halogens is 4. The number of nitrogens with one attached hydrogen (secondary N) is 1. The molecule has 2 rings (SSSR count). The second-order valence-electron chi connectivity index (χ2n) is 4.06. The van der Waals surface area contributed by atoms with Crippen molar-refractivity contribution in [3.05, 3.63) is 51.8 Å². The molecule has 0 spiro atoms. The van der Waals surface area contributed by atoms with E-state index in [1.807, 2.05) is 0 Å². The first-order valence-corrected chi connectivity index (χ1v) is 6.33. The van der Waals surface area contributed by atoms with E-state index < -0.39 is 40.4 Å². The van der Waals surface area contributed by atoms with Crippen molar-refractivity contribution in [1.82, 2.24) is 0 Å². The predicted molar refractivity (Wildman–Crippen MR) is 75.1 cm³/mol. The van der Waals surface area contributed by atoms with Gasteiger partial charge in [0.15, 0.2) is 11.6 Å². The second kappa shape index (κ2) is 5.65. The molecule has 2 aromatic rings. The second-order valence-corrected chi connectivity index (χ2v) is 4.97. The smallest absolute Gasteiger partial charge is 0.340 e. The van der Waals surface area contributed by atoms with Gasteiger partial charge in [-0.1, -0.05) is 15.9 Å². The summed E-state index contributed by atoms with van der Waals surface area (Å²) in [6, 6.07) is 3.94. The average molecular weight is 361 g/mol. The van der Waals surface area contributed by atoms with Crippen LogP contribution in [-0.2, 0) is 0 Å². The van der Waals surface area contributed by atoms with Crippen molar-refractivity contribution in [3.63, 3.8) is 0 Å². The summed E-state index contributed by atoms with van der Waals surface area (Å²) in [5, 5.41) is 11.3. The Labute approximate surface area is 125 Å². The molecule has 0 amide bonds. The minimum Gasteiger partial charge on any atom is -0.478 e. The SMILES string of the molecule is Nc1c(F)ccc(Nc2c(F)cc(Br)cc2F)c1C(=O)O. The maximum atomic E-state index is 13.7. The number of nitrogens with two attached hydrogens (primary N) is 1. The van der Waals surface area contributed by atoms with Gasteiger partial charge in [-0.05, 0) is 24.3 Å². The van der Waals surface area contributed by atoms with Gasteiger partial charge < -0.3 is 16.2 Å². The molecule has 4 nitrogen and oxygen atoms in total. The molecule has 8 heteroatoms. The Bertz CT molecular complexity index is 715. The standard InChI is InChI=1S/C13H8BrF3N2O2/c14-5-3-7(16)12(8(17)4-5)19-9-2-1-6(15)11(18)10(9)13(20)21/h1-4,19H,18H2,(H,20,21). The van der Waals surface area contributed by atoms with Crippen molar-refractivity contribution in [1.29, 1.82) is 0 Å². The van der Waals surface area contributed by atoms with E-state index in [2.05, 4.69) is 21.2 Å². The zero-order valence-electron chi connectivity index (χ0n) is 10.3. The molecule has 21 heavy (non-hydrogen) atoms. The zero-order valence-corrected chi connectivity index (χ0v) is 11.8. The zero-order chi connectivity index (χ0) is 15.7. The maximum absolute atomic E-state index is 13.7. The fraction of sp³-hybridized carbons (Fsp3) is 0. The number of hydrogen-bond donors (Lipinski definition) is 3. The molecular weight excluding hydrogens is 353 g/mol. The molecule has 0 bridgehead atoms. The first kappa shape index (κ1) is 15.2. The normalized spacial score (nSPS) is 10.5. The summed E-state index contributed by atoms with van der Waals surface area (Å²) in [7, 11) is 0. The molecule has 0 saturated heterocycles. The molecule has 0 aliphatic heterocycles. The van der Waals surface area contributed by atoms with Crippen molar-refractivity contribution in [2.24, 2.45) is 0 Å². The Balaban J connectivity index is 2.55. The van der Waals surface area contributed by atoms with Crippen LogP contribution in [0.15, 0.2) is 28.7 Å². The molecule has 0 aliphatic rings. The van der Waals surface area contributed by atoms with Gasteiger partial charge in [0, 0.05) is 4.47 Å². The highest BCUT2D eigenvalue weighted by atomic mass is 79.9. The Morgan fingerprint density at radius 1 is 1.14 bits per heavy atom. The van der Waals surface area contributed by atoms with Gasteiger partial charge in [0.2, 0.25) is 0 Å². The lowest BCUT2D eigenvalue weighted by atomic mass is 10.1. The number of benzene rings is 2. The van der Waals surface area contributed by atoms with Crippen LogP contribution in [-0.4, -0.2) is 11.1 Å². The van der Waals surface area contributed by atoms with Crippen LogP contribution in [0.2, 0.25) is 0 Å². The van der Waals surface area contributed by atoms with E-state index in [9.17, 15) is 18.0 Å². The number of aromatic carboxylic acids is 1. The molecular formula is C13H8BrF3N2O2. The molecule has 0 heterocycles. The summed E-state index contributed by atoms with van der Waals surface area (Å²) in [5.41, 5.74) is 3.34. The van der Waals surface area contributed by atoms with Gasteiger partial charge in [0.05, 0.1) is 11.4 Å². The molecule has 0 aromatic heterocycles. The van der Waals surface area contributed by atoms with Gasteiger partial charge in [0.25, 0.3) is 0 Å². The number of nitrogen functional groups attached to an aromatic ring is 1. The fourth-order valence-electron chi connectivity index (χ4n) is 1.72. The summed E-state index contributed by atoms with van der Waals surface area (Å²) in [4.78, 5) is 11.1. The van der Waals surface area contributed by atoms with Crippen molar-refractivity contribution in [2.45, 2.75) is 0 Å². The summed E-state index contributed by atoms with van der Waals surface area (Å²) in [6.45, 7) is 0. The Morgan fingerprint density at radius 3 is 2.24 bits per heavy atom. The van der Waals surface area contributed by atoms with E-state index in [0.29, 0.717) is 0 Å². The first-order chi connectivity index (χ1) is 9.81. The van der Waals surface area contributed by atoms with Crippen LogP contribution in [0.3, 0.4) is 0 Å². The molecule has 2 aromatic carbocycles. The van der Waals surface area contributed by atoms with Gasteiger partial charge in [0.1, 0.15) is 17.1 Å². The lowest BCUT2D eigenvalue weighted by molar-refractivity contribution is 0.0698. The first-order valence-electron chi connectivity index (χ1n) is 5.54. The highest BCUT2D eigenvalue weighted by Crippen LogP contribution is 2.31. The van der Waals surface area contributed by atoms with Crippen molar-refractivity contribution < 1.29 is 23.1 Å². The lowest BCUT2D eigenvalue weighted by Crippen LogP contribution is -2.10. The minimum absolute atomic E-state index is 0.181. The monoisotopic (exact) mass is 360 g/mol. The Morgan fingerprint density at radius 2 is 1.71 bits per heavy atom. The number of rotatable bonds is 3. The topological polar surface area (TPSA) is 75.3 Å². The third-order valence-electron chi connectivity index (χ3n) is 2.67. The third-order valence-corrected chi connectivity index (χ3v) is 3.13. The van der Waals surface area contributed by atoms with Gasteiger partial charge in [-0.2, -0.15) is 0 Å². The molecule has 0 saturated carbocycles. The Hall–Kier alpha value is -2.22.